The first-order valence-corrected chi connectivity index (χ1v) is 11.7. The van der Waals surface area contributed by atoms with Crippen molar-refractivity contribution in [1.82, 2.24) is 44.7 Å². The van der Waals surface area contributed by atoms with Crippen LogP contribution in [0.5, 0.6) is 0 Å². The number of amides is 1. The minimum atomic E-state index is -0.576. The van der Waals surface area contributed by atoms with Crippen LogP contribution in [0.1, 0.15) is 18.5 Å². The van der Waals surface area contributed by atoms with E-state index in [1.165, 1.54) is 18.6 Å². The zero-order valence-electron chi connectivity index (χ0n) is 19.5. The number of hydrogen-bond donors (Lipinski definition) is 3. The molecule has 1 aliphatic carbocycles. The predicted octanol–water partition coefficient (Wildman–Crippen LogP) is 3.94. The summed E-state index contributed by atoms with van der Waals surface area (Å²) in [5, 5.41) is 10.2. The lowest BCUT2D eigenvalue weighted by Crippen LogP contribution is -2.13. The molecule has 0 bridgehead atoms. The Morgan fingerprint density at radius 1 is 1.16 bits per heavy atom. The number of fused-ring (bicyclic) bond motifs is 2. The second-order valence-corrected chi connectivity index (χ2v) is 9.04. The van der Waals surface area contributed by atoms with E-state index in [0.717, 1.165) is 24.2 Å². The summed E-state index contributed by atoms with van der Waals surface area (Å²) in [4.78, 5) is 37.1. The van der Waals surface area contributed by atoms with E-state index in [1.54, 1.807) is 18.6 Å². The second-order valence-electron chi connectivity index (χ2n) is 9.04. The average Bonchev–Trinajstić information content (AvgIpc) is 3.29. The Kier molecular flexibility index (Phi) is 4.61. The number of aryl methyl sites for hydroxylation is 1. The number of H-pyrrole nitrogens is 2. The molecule has 12 heteroatoms. The molecule has 1 amide bonds. The minimum absolute atomic E-state index is 0.0416. The standard InChI is InChI=1S/C25H19FN10O/c1-12-10-36(11-30-12)17-4-5-28-23-21(17)32-24(33-23)22-18-16(34-35-22)9-29-20(19(18)26)14-6-15(8-27-7-14)31-25(37)13-2-3-13/h4-11,13H,2-3H2,1H3,(H,31,37)(H,34,35)(H,28,32,33). The Morgan fingerprint density at radius 3 is 2.86 bits per heavy atom. The quantitative estimate of drug-likeness (QED) is 0.329. The van der Waals surface area contributed by atoms with Gasteiger partial charge in [-0.2, -0.15) is 5.10 Å². The smallest absolute Gasteiger partial charge is 0.227 e. The van der Waals surface area contributed by atoms with Gasteiger partial charge in [0.25, 0.3) is 0 Å². The zero-order chi connectivity index (χ0) is 25.1. The van der Waals surface area contributed by atoms with Crippen LogP contribution in [0.4, 0.5) is 10.1 Å². The van der Waals surface area contributed by atoms with Gasteiger partial charge < -0.3 is 14.9 Å². The fourth-order valence-electron chi connectivity index (χ4n) is 4.35. The Morgan fingerprint density at radius 2 is 2.05 bits per heavy atom. The van der Waals surface area contributed by atoms with Crippen molar-refractivity contribution in [2.24, 2.45) is 5.92 Å². The number of carbonyl (C=O) groups excluding carboxylic acids is 1. The fourth-order valence-corrected chi connectivity index (χ4v) is 4.35. The molecule has 0 spiro atoms. The predicted molar refractivity (Wildman–Crippen MR) is 133 cm³/mol. The summed E-state index contributed by atoms with van der Waals surface area (Å²) in [5.74, 6) is -0.228. The summed E-state index contributed by atoms with van der Waals surface area (Å²) in [6.07, 6.45) is 11.6. The molecule has 1 saturated carbocycles. The van der Waals surface area contributed by atoms with Crippen LogP contribution < -0.4 is 5.32 Å². The Hall–Kier alpha value is -5.00. The van der Waals surface area contributed by atoms with Gasteiger partial charge in [-0.1, -0.05) is 0 Å². The molecule has 182 valence electrons. The van der Waals surface area contributed by atoms with E-state index in [0.29, 0.717) is 39.4 Å². The highest BCUT2D eigenvalue weighted by atomic mass is 19.1. The first kappa shape index (κ1) is 21.3. The van der Waals surface area contributed by atoms with Crippen molar-refractivity contribution < 1.29 is 9.18 Å². The van der Waals surface area contributed by atoms with Gasteiger partial charge in [-0.05, 0) is 31.9 Å². The van der Waals surface area contributed by atoms with Gasteiger partial charge in [0.1, 0.15) is 16.9 Å². The fraction of sp³-hybridized carbons (Fsp3) is 0.160. The zero-order valence-corrected chi connectivity index (χ0v) is 19.5. The van der Waals surface area contributed by atoms with Gasteiger partial charge in [0, 0.05) is 30.1 Å². The lowest BCUT2D eigenvalue weighted by Gasteiger charge is -2.07. The third-order valence-corrected chi connectivity index (χ3v) is 6.36. The van der Waals surface area contributed by atoms with Crippen molar-refractivity contribution >= 4 is 33.7 Å². The number of rotatable bonds is 5. The van der Waals surface area contributed by atoms with Gasteiger partial charge in [0.15, 0.2) is 17.3 Å². The number of anilines is 1. The lowest BCUT2D eigenvalue weighted by molar-refractivity contribution is -0.117. The molecule has 0 saturated heterocycles. The molecule has 37 heavy (non-hydrogen) atoms. The largest absolute Gasteiger partial charge is 0.333 e. The van der Waals surface area contributed by atoms with Crippen LogP contribution in [0.3, 0.4) is 0 Å². The normalized spacial score (nSPS) is 13.5. The molecule has 0 aromatic carbocycles. The molecule has 0 unspecified atom stereocenters. The maximum atomic E-state index is 16.0. The number of carbonyl (C=O) groups is 1. The van der Waals surface area contributed by atoms with Crippen molar-refractivity contribution in [2.45, 2.75) is 19.8 Å². The van der Waals surface area contributed by atoms with Gasteiger partial charge in [-0.3, -0.25) is 19.9 Å². The molecule has 6 aromatic rings. The summed E-state index contributed by atoms with van der Waals surface area (Å²) in [7, 11) is 0. The summed E-state index contributed by atoms with van der Waals surface area (Å²) in [6, 6.07) is 3.51. The minimum Gasteiger partial charge on any atom is -0.333 e. The van der Waals surface area contributed by atoms with Gasteiger partial charge in [-0.15, -0.1) is 0 Å². The topological polar surface area (TPSA) is 143 Å². The van der Waals surface area contributed by atoms with E-state index in [9.17, 15) is 4.79 Å². The molecule has 6 aromatic heterocycles. The highest BCUT2D eigenvalue weighted by Gasteiger charge is 2.29. The number of aromatic amines is 2. The van der Waals surface area contributed by atoms with E-state index in [-0.39, 0.29) is 22.9 Å². The van der Waals surface area contributed by atoms with E-state index in [2.05, 4.69) is 45.4 Å². The molecule has 0 radical (unpaired) electrons. The average molecular weight is 494 g/mol. The van der Waals surface area contributed by atoms with Crippen LogP contribution >= 0.6 is 0 Å². The summed E-state index contributed by atoms with van der Waals surface area (Å²) >= 11 is 0. The van der Waals surface area contributed by atoms with E-state index in [4.69, 9.17) is 0 Å². The summed E-state index contributed by atoms with van der Waals surface area (Å²) in [5.41, 5.74) is 4.55. The summed E-state index contributed by atoms with van der Waals surface area (Å²) in [6.45, 7) is 1.91. The van der Waals surface area contributed by atoms with Crippen molar-refractivity contribution in [3.63, 3.8) is 0 Å². The Bertz CT molecular complexity index is 1830. The first-order valence-electron chi connectivity index (χ1n) is 11.7. The van der Waals surface area contributed by atoms with E-state index < -0.39 is 5.82 Å². The van der Waals surface area contributed by atoms with E-state index in [1.807, 2.05) is 23.8 Å². The number of hydrogen-bond acceptors (Lipinski definition) is 7. The van der Waals surface area contributed by atoms with Gasteiger partial charge in [-0.25, -0.2) is 19.3 Å². The molecule has 1 fully saturated rings. The number of nitrogens with zero attached hydrogens (tertiary/aromatic N) is 7. The monoisotopic (exact) mass is 494 g/mol. The molecule has 0 aliphatic heterocycles. The van der Waals surface area contributed by atoms with E-state index >= 15 is 4.39 Å². The second kappa shape index (κ2) is 8.01. The number of aromatic nitrogens is 9. The molecule has 0 atom stereocenters. The Balaban J connectivity index is 1.32. The van der Waals surface area contributed by atoms with Crippen LogP contribution in [-0.2, 0) is 4.79 Å². The summed E-state index contributed by atoms with van der Waals surface area (Å²) < 4.78 is 17.8. The maximum absolute atomic E-state index is 16.0. The molecular weight excluding hydrogens is 475 g/mol. The van der Waals surface area contributed by atoms with Gasteiger partial charge in [0.05, 0.1) is 46.7 Å². The van der Waals surface area contributed by atoms with Crippen LogP contribution in [0.2, 0.25) is 0 Å². The maximum Gasteiger partial charge on any atom is 0.227 e. The number of nitrogens with one attached hydrogen (secondary N) is 3. The third-order valence-electron chi connectivity index (χ3n) is 6.36. The molecule has 7 rings (SSSR count). The van der Waals surface area contributed by atoms with Crippen LogP contribution in [-0.4, -0.2) is 50.6 Å². The molecule has 1 aliphatic rings. The number of pyridine rings is 3. The third kappa shape index (κ3) is 3.61. The van der Waals surface area contributed by atoms with Crippen molar-refractivity contribution in [2.75, 3.05) is 5.32 Å². The highest BCUT2D eigenvalue weighted by molar-refractivity contribution is 5.97. The lowest BCUT2D eigenvalue weighted by atomic mass is 10.1. The number of imidazole rings is 2. The van der Waals surface area contributed by atoms with Crippen molar-refractivity contribution in [1.29, 1.82) is 0 Å². The van der Waals surface area contributed by atoms with Crippen molar-refractivity contribution in [3.8, 4) is 28.5 Å². The molecule has 6 heterocycles. The van der Waals surface area contributed by atoms with Gasteiger partial charge in [0.2, 0.25) is 5.91 Å². The SMILES string of the molecule is Cc1cn(-c2ccnc3nc(-c4n[nH]c5cnc(-c6cncc(NC(=O)C7CC7)c6)c(F)c45)[nH]c23)cn1. The first-order chi connectivity index (χ1) is 18.0. The number of halogens is 1. The van der Waals surface area contributed by atoms with Crippen LogP contribution in [0.15, 0.2) is 49.4 Å². The van der Waals surface area contributed by atoms with Gasteiger partial charge >= 0.3 is 0 Å². The Labute approximate surface area is 208 Å². The van der Waals surface area contributed by atoms with Crippen LogP contribution in [0.25, 0.3) is 50.5 Å². The highest BCUT2D eigenvalue weighted by Crippen LogP contribution is 2.34. The van der Waals surface area contributed by atoms with Crippen molar-refractivity contribution in [3.05, 3.63) is 61.0 Å². The molecule has 11 nitrogen and oxygen atoms in total. The van der Waals surface area contributed by atoms with Crippen LogP contribution in [0, 0.1) is 18.7 Å². The molecule has 3 N–H and O–H groups in total. The molecular formula is C25H19FN10O.